The number of rotatable bonds is 8. The van der Waals surface area contributed by atoms with E-state index in [1.54, 1.807) is 42.5 Å². The minimum Gasteiger partial charge on any atom is -0.465 e. The minimum absolute atomic E-state index is 0.0825. The van der Waals surface area contributed by atoms with E-state index >= 15 is 0 Å². The molecule has 0 fully saturated rings. The van der Waals surface area contributed by atoms with E-state index in [0.29, 0.717) is 28.4 Å². The molecule has 0 unspecified atom stereocenters. The summed E-state index contributed by atoms with van der Waals surface area (Å²) in [6, 6.07) is 21.5. The average molecular weight is 458 g/mol. The van der Waals surface area contributed by atoms with Crippen molar-refractivity contribution in [3.63, 3.8) is 0 Å². The molecule has 9 nitrogen and oxygen atoms in total. The second-order valence-corrected chi connectivity index (χ2v) is 7.38. The molecule has 3 aromatic carbocycles. The van der Waals surface area contributed by atoms with Crippen molar-refractivity contribution in [3.05, 3.63) is 83.9 Å². The fraction of sp³-hybridized carbons (Fsp3) is 0.120. The van der Waals surface area contributed by atoms with E-state index in [-0.39, 0.29) is 24.8 Å². The summed E-state index contributed by atoms with van der Waals surface area (Å²) in [7, 11) is 1.30. The van der Waals surface area contributed by atoms with E-state index in [1.807, 2.05) is 30.3 Å². The molecule has 0 spiro atoms. The molecule has 2 amide bonds. The summed E-state index contributed by atoms with van der Waals surface area (Å²) >= 11 is 0. The van der Waals surface area contributed by atoms with Crippen LogP contribution in [-0.4, -0.2) is 36.4 Å². The number of methoxy groups -OCH3 is 1. The van der Waals surface area contributed by atoms with Gasteiger partial charge >= 0.3 is 5.97 Å². The lowest BCUT2D eigenvalue weighted by molar-refractivity contribution is -0.123. The maximum absolute atomic E-state index is 12.3. The van der Waals surface area contributed by atoms with Gasteiger partial charge in [0, 0.05) is 11.4 Å². The highest BCUT2D eigenvalue weighted by atomic mass is 16.5. The van der Waals surface area contributed by atoms with Crippen molar-refractivity contribution in [2.75, 3.05) is 24.3 Å². The summed E-state index contributed by atoms with van der Waals surface area (Å²) in [4.78, 5) is 40.3. The third-order valence-electron chi connectivity index (χ3n) is 4.88. The van der Waals surface area contributed by atoms with Crippen molar-refractivity contribution < 1.29 is 23.5 Å². The number of oxazole rings is 1. The average Bonchev–Trinajstić information content (AvgIpc) is 3.25. The van der Waals surface area contributed by atoms with E-state index < -0.39 is 5.97 Å². The van der Waals surface area contributed by atoms with Crippen LogP contribution in [0.15, 0.2) is 77.2 Å². The van der Waals surface area contributed by atoms with Crippen LogP contribution >= 0.6 is 0 Å². The Morgan fingerprint density at radius 2 is 1.68 bits per heavy atom. The number of esters is 1. The highest BCUT2D eigenvalue weighted by Crippen LogP contribution is 2.23. The van der Waals surface area contributed by atoms with Gasteiger partial charge in [-0.2, -0.15) is 4.98 Å². The van der Waals surface area contributed by atoms with E-state index in [0.717, 1.165) is 11.3 Å². The minimum atomic E-state index is -0.461. The highest BCUT2D eigenvalue weighted by Gasteiger charge is 2.11. The Hall–Kier alpha value is -4.66. The standard InChI is InChI=1S/C25H22N4O5/c1-33-24(32)17-8-10-19(11-9-17)27-23(31)15-26-22(30)14-16-7-12-20-21(13-16)34-25(29-20)28-18-5-3-2-4-6-18/h2-13H,14-15H2,1H3,(H,26,30)(H,27,31)(H,28,29). The number of hydrogen-bond acceptors (Lipinski definition) is 7. The van der Waals surface area contributed by atoms with Gasteiger partial charge in [0.05, 0.1) is 25.6 Å². The van der Waals surface area contributed by atoms with Gasteiger partial charge in [-0.05, 0) is 54.1 Å². The first-order chi connectivity index (χ1) is 16.5. The molecule has 4 aromatic rings. The lowest BCUT2D eigenvalue weighted by atomic mass is 10.1. The number of ether oxygens (including phenoxy) is 1. The Labute approximate surface area is 195 Å². The van der Waals surface area contributed by atoms with Crippen molar-refractivity contribution in [2.24, 2.45) is 0 Å². The van der Waals surface area contributed by atoms with Gasteiger partial charge in [0.15, 0.2) is 5.58 Å². The van der Waals surface area contributed by atoms with Crippen LogP contribution in [0.3, 0.4) is 0 Å². The number of hydrogen-bond donors (Lipinski definition) is 3. The summed E-state index contributed by atoms with van der Waals surface area (Å²) in [5.74, 6) is -1.16. The zero-order valence-corrected chi connectivity index (χ0v) is 18.3. The summed E-state index contributed by atoms with van der Waals surface area (Å²) < 4.78 is 10.4. The predicted molar refractivity (Wildman–Crippen MR) is 127 cm³/mol. The molecule has 0 bridgehead atoms. The number of carbonyl (C=O) groups excluding carboxylic acids is 3. The predicted octanol–water partition coefficient (Wildman–Crippen LogP) is 3.66. The first kappa shape index (κ1) is 22.5. The molecule has 1 heterocycles. The van der Waals surface area contributed by atoms with Gasteiger partial charge in [0.1, 0.15) is 5.52 Å². The number of aromatic nitrogens is 1. The Morgan fingerprint density at radius 1 is 0.912 bits per heavy atom. The molecule has 0 radical (unpaired) electrons. The summed E-state index contributed by atoms with van der Waals surface area (Å²) in [6.45, 7) is -0.187. The smallest absolute Gasteiger partial charge is 0.337 e. The molecule has 0 aliphatic rings. The van der Waals surface area contributed by atoms with Gasteiger partial charge in [-0.15, -0.1) is 0 Å². The Morgan fingerprint density at radius 3 is 2.41 bits per heavy atom. The number of nitrogens with zero attached hydrogens (tertiary/aromatic N) is 1. The summed E-state index contributed by atoms with van der Waals surface area (Å²) in [5, 5.41) is 8.34. The van der Waals surface area contributed by atoms with Crippen molar-refractivity contribution in [1.29, 1.82) is 0 Å². The van der Waals surface area contributed by atoms with Crippen LogP contribution in [0.5, 0.6) is 0 Å². The van der Waals surface area contributed by atoms with Gasteiger partial charge in [-0.1, -0.05) is 24.3 Å². The molecule has 0 atom stereocenters. The van der Waals surface area contributed by atoms with Crippen LogP contribution in [-0.2, 0) is 20.7 Å². The Kier molecular flexibility index (Phi) is 6.83. The zero-order valence-electron chi connectivity index (χ0n) is 18.3. The Bertz CT molecular complexity index is 1320. The number of amides is 2. The molecule has 4 rings (SSSR count). The van der Waals surface area contributed by atoms with Crippen LogP contribution in [0.2, 0.25) is 0 Å². The first-order valence-corrected chi connectivity index (χ1v) is 10.5. The molecule has 3 N–H and O–H groups in total. The number of anilines is 3. The Balaban J connectivity index is 1.28. The normalized spacial score (nSPS) is 10.5. The van der Waals surface area contributed by atoms with Crippen molar-refractivity contribution >= 4 is 46.3 Å². The SMILES string of the molecule is COC(=O)c1ccc(NC(=O)CNC(=O)Cc2ccc3nc(Nc4ccccc4)oc3c2)cc1. The van der Waals surface area contributed by atoms with E-state index in [4.69, 9.17) is 4.42 Å². The number of carbonyl (C=O) groups is 3. The lowest BCUT2D eigenvalue weighted by Crippen LogP contribution is -2.33. The third-order valence-corrected chi connectivity index (χ3v) is 4.88. The molecule has 9 heteroatoms. The molecule has 0 saturated carbocycles. The van der Waals surface area contributed by atoms with Crippen molar-refractivity contribution in [1.82, 2.24) is 10.3 Å². The van der Waals surface area contributed by atoms with Crippen LogP contribution in [0.4, 0.5) is 17.4 Å². The maximum atomic E-state index is 12.3. The van der Waals surface area contributed by atoms with Gasteiger partial charge in [-0.3, -0.25) is 9.59 Å². The maximum Gasteiger partial charge on any atom is 0.337 e. The van der Waals surface area contributed by atoms with E-state index in [2.05, 4.69) is 25.7 Å². The van der Waals surface area contributed by atoms with Gasteiger partial charge in [-0.25, -0.2) is 4.79 Å². The number of benzene rings is 3. The van der Waals surface area contributed by atoms with Crippen LogP contribution in [0.1, 0.15) is 15.9 Å². The molecule has 0 saturated heterocycles. The molecule has 0 aliphatic carbocycles. The monoisotopic (exact) mass is 458 g/mol. The van der Waals surface area contributed by atoms with Gasteiger partial charge in [0.25, 0.3) is 6.01 Å². The fourth-order valence-electron chi connectivity index (χ4n) is 3.22. The molecule has 34 heavy (non-hydrogen) atoms. The van der Waals surface area contributed by atoms with E-state index in [9.17, 15) is 14.4 Å². The third kappa shape index (κ3) is 5.77. The summed E-state index contributed by atoms with van der Waals surface area (Å²) in [6.07, 6.45) is 0.0825. The molecular formula is C25H22N4O5. The van der Waals surface area contributed by atoms with Crippen LogP contribution in [0.25, 0.3) is 11.1 Å². The van der Waals surface area contributed by atoms with Gasteiger partial charge < -0.3 is 25.1 Å². The largest absolute Gasteiger partial charge is 0.465 e. The van der Waals surface area contributed by atoms with Crippen molar-refractivity contribution in [2.45, 2.75) is 6.42 Å². The zero-order chi connectivity index (χ0) is 23.9. The molecular weight excluding hydrogens is 436 g/mol. The topological polar surface area (TPSA) is 123 Å². The molecule has 0 aliphatic heterocycles. The fourth-order valence-corrected chi connectivity index (χ4v) is 3.22. The first-order valence-electron chi connectivity index (χ1n) is 10.5. The van der Waals surface area contributed by atoms with Gasteiger partial charge in [0.2, 0.25) is 11.8 Å². The summed E-state index contributed by atoms with van der Waals surface area (Å²) in [5.41, 5.74) is 3.68. The number of nitrogens with one attached hydrogen (secondary N) is 3. The van der Waals surface area contributed by atoms with Crippen LogP contribution in [0, 0.1) is 0 Å². The quantitative estimate of drug-likeness (QED) is 0.344. The van der Waals surface area contributed by atoms with Crippen LogP contribution < -0.4 is 16.0 Å². The second kappa shape index (κ2) is 10.3. The van der Waals surface area contributed by atoms with Crippen molar-refractivity contribution in [3.8, 4) is 0 Å². The highest BCUT2D eigenvalue weighted by molar-refractivity contribution is 5.95. The number of para-hydroxylation sites is 1. The molecule has 172 valence electrons. The lowest BCUT2D eigenvalue weighted by Gasteiger charge is -2.08. The molecule has 1 aromatic heterocycles. The second-order valence-electron chi connectivity index (χ2n) is 7.38. The number of fused-ring (bicyclic) bond motifs is 1. The van der Waals surface area contributed by atoms with E-state index in [1.165, 1.54) is 7.11 Å².